The van der Waals surface area contributed by atoms with Gasteiger partial charge in [-0.1, -0.05) is 6.07 Å². The van der Waals surface area contributed by atoms with E-state index in [0.29, 0.717) is 11.1 Å². The Morgan fingerprint density at radius 1 is 1.32 bits per heavy atom. The lowest BCUT2D eigenvalue weighted by Gasteiger charge is -2.33. The molecule has 7 heteroatoms. The van der Waals surface area contributed by atoms with Gasteiger partial charge in [0, 0.05) is 20.0 Å². The molecule has 2 amide bonds. The number of likely N-dealkylation sites (tertiary alicyclic amines) is 1. The largest absolute Gasteiger partial charge is 0.366 e. The van der Waals surface area contributed by atoms with E-state index < -0.39 is 5.91 Å². The SMILES string of the molecule is CC(=O)N1C[C@H]2C[C@H]1CN2c1nc2c(C(N)=O)cccc2[nH]1. The summed E-state index contributed by atoms with van der Waals surface area (Å²) in [6, 6.07) is 5.90. The molecule has 3 heterocycles. The van der Waals surface area contributed by atoms with Crippen LogP contribution in [0.3, 0.4) is 0 Å². The zero-order valence-corrected chi connectivity index (χ0v) is 12.2. The summed E-state index contributed by atoms with van der Waals surface area (Å²) in [7, 11) is 0. The minimum Gasteiger partial charge on any atom is -0.366 e. The number of fused-ring (bicyclic) bond motifs is 3. The standard InChI is InChI=1S/C15H17N5O2/c1-8(21)19-6-10-5-9(19)7-20(10)15-17-12-4-2-3-11(14(16)22)13(12)18-15/h2-4,9-10H,5-7H2,1H3,(H2,16,22)(H,17,18)/t9-,10+/m0/s1. The first-order valence-corrected chi connectivity index (χ1v) is 7.37. The van der Waals surface area contributed by atoms with E-state index in [2.05, 4.69) is 14.9 Å². The Balaban J connectivity index is 1.68. The van der Waals surface area contributed by atoms with Crippen LogP contribution >= 0.6 is 0 Å². The van der Waals surface area contributed by atoms with Crippen LogP contribution in [0.2, 0.25) is 0 Å². The van der Waals surface area contributed by atoms with Crippen molar-refractivity contribution in [2.75, 3.05) is 18.0 Å². The Morgan fingerprint density at radius 2 is 2.14 bits per heavy atom. The van der Waals surface area contributed by atoms with Crippen molar-refractivity contribution in [2.45, 2.75) is 25.4 Å². The quantitative estimate of drug-likeness (QED) is 0.842. The molecule has 2 saturated heterocycles. The number of hydrogen-bond acceptors (Lipinski definition) is 4. The normalized spacial score (nSPS) is 23.5. The lowest BCUT2D eigenvalue weighted by molar-refractivity contribution is -0.129. The second-order valence-electron chi connectivity index (χ2n) is 5.99. The average Bonchev–Trinajstić information content (AvgIpc) is 3.18. The Morgan fingerprint density at radius 3 is 2.77 bits per heavy atom. The predicted molar refractivity (Wildman–Crippen MR) is 81.5 cm³/mol. The number of para-hydroxylation sites is 1. The van der Waals surface area contributed by atoms with E-state index in [-0.39, 0.29) is 18.0 Å². The molecule has 2 bridgehead atoms. The van der Waals surface area contributed by atoms with Crippen LogP contribution < -0.4 is 10.6 Å². The number of primary amides is 1. The Hall–Kier alpha value is -2.57. The van der Waals surface area contributed by atoms with E-state index >= 15 is 0 Å². The van der Waals surface area contributed by atoms with E-state index in [1.807, 2.05) is 11.0 Å². The molecule has 4 rings (SSSR count). The van der Waals surface area contributed by atoms with E-state index in [1.54, 1.807) is 19.1 Å². The first-order chi connectivity index (χ1) is 10.5. The molecule has 22 heavy (non-hydrogen) atoms. The minimum atomic E-state index is -0.477. The zero-order chi connectivity index (χ0) is 15.4. The molecule has 0 saturated carbocycles. The first kappa shape index (κ1) is 13.1. The molecule has 0 unspecified atom stereocenters. The molecule has 0 aliphatic carbocycles. The number of H-pyrrole nitrogens is 1. The number of carbonyl (C=O) groups excluding carboxylic acids is 2. The maximum absolute atomic E-state index is 11.6. The lowest BCUT2D eigenvalue weighted by Crippen LogP contribution is -2.48. The van der Waals surface area contributed by atoms with Crippen molar-refractivity contribution in [1.29, 1.82) is 0 Å². The van der Waals surface area contributed by atoms with Crippen LogP contribution in [-0.4, -0.2) is 51.9 Å². The number of benzene rings is 1. The summed E-state index contributed by atoms with van der Waals surface area (Å²) in [6.07, 6.45) is 0.972. The van der Waals surface area contributed by atoms with Crippen LogP contribution in [-0.2, 0) is 4.79 Å². The minimum absolute atomic E-state index is 0.132. The Kier molecular flexibility index (Phi) is 2.66. The third kappa shape index (κ3) is 1.78. The molecule has 0 radical (unpaired) electrons. The van der Waals surface area contributed by atoms with E-state index in [4.69, 9.17) is 5.73 Å². The van der Waals surface area contributed by atoms with Gasteiger partial charge in [-0.25, -0.2) is 4.98 Å². The third-order valence-corrected chi connectivity index (χ3v) is 4.68. The number of nitrogens with one attached hydrogen (secondary N) is 1. The van der Waals surface area contributed by atoms with Gasteiger partial charge in [0.05, 0.1) is 23.2 Å². The molecular weight excluding hydrogens is 282 g/mol. The number of hydrogen-bond donors (Lipinski definition) is 2. The molecule has 114 valence electrons. The van der Waals surface area contributed by atoms with Crippen molar-refractivity contribution in [3.05, 3.63) is 23.8 Å². The van der Waals surface area contributed by atoms with Crippen molar-refractivity contribution < 1.29 is 9.59 Å². The fourth-order valence-electron chi connectivity index (χ4n) is 3.67. The molecule has 1 aromatic carbocycles. The number of aromatic amines is 1. The number of aromatic nitrogens is 2. The van der Waals surface area contributed by atoms with Crippen molar-refractivity contribution in [3.63, 3.8) is 0 Å². The lowest BCUT2D eigenvalue weighted by atomic mass is 10.2. The van der Waals surface area contributed by atoms with Crippen LogP contribution in [0.25, 0.3) is 11.0 Å². The highest BCUT2D eigenvalue weighted by atomic mass is 16.2. The summed E-state index contributed by atoms with van der Waals surface area (Å²) >= 11 is 0. The third-order valence-electron chi connectivity index (χ3n) is 4.68. The van der Waals surface area contributed by atoms with Gasteiger partial charge < -0.3 is 20.5 Å². The van der Waals surface area contributed by atoms with Gasteiger partial charge in [0.2, 0.25) is 11.9 Å². The highest BCUT2D eigenvalue weighted by molar-refractivity contribution is 6.04. The summed E-state index contributed by atoms with van der Waals surface area (Å²) in [5.74, 6) is 0.404. The molecule has 2 aromatic rings. The molecule has 2 fully saturated rings. The van der Waals surface area contributed by atoms with Crippen LogP contribution in [0.5, 0.6) is 0 Å². The van der Waals surface area contributed by atoms with Gasteiger partial charge in [0.1, 0.15) is 5.52 Å². The Labute approximate surface area is 127 Å². The topological polar surface area (TPSA) is 95.3 Å². The average molecular weight is 299 g/mol. The van der Waals surface area contributed by atoms with Gasteiger partial charge in [0.15, 0.2) is 0 Å². The van der Waals surface area contributed by atoms with Crippen LogP contribution in [0.4, 0.5) is 5.95 Å². The van der Waals surface area contributed by atoms with Gasteiger partial charge in [-0.15, -0.1) is 0 Å². The first-order valence-electron chi connectivity index (χ1n) is 7.37. The molecule has 2 aliphatic rings. The molecule has 2 atom stereocenters. The van der Waals surface area contributed by atoms with E-state index in [9.17, 15) is 9.59 Å². The number of amides is 2. The van der Waals surface area contributed by atoms with Gasteiger partial charge in [-0.05, 0) is 18.6 Å². The summed E-state index contributed by atoms with van der Waals surface area (Å²) < 4.78 is 0. The molecule has 2 aliphatic heterocycles. The molecule has 7 nitrogen and oxygen atoms in total. The predicted octanol–water partition coefficient (Wildman–Crippen LogP) is 0.471. The zero-order valence-electron chi connectivity index (χ0n) is 12.2. The van der Waals surface area contributed by atoms with Crippen molar-refractivity contribution in [1.82, 2.24) is 14.9 Å². The fourth-order valence-corrected chi connectivity index (χ4v) is 3.67. The summed E-state index contributed by atoms with van der Waals surface area (Å²) in [5, 5.41) is 0. The fraction of sp³-hybridized carbons (Fsp3) is 0.400. The second kappa shape index (κ2) is 4.46. The van der Waals surface area contributed by atoms with Gasteiger partial charge in [0.25, 0.3) is 5.91 Å². The van der Waals surface area contributed by atoms with Crippen LogP contribution in [0, 0.1) is 0 Å². The number of piperazine rings is 1. The number of imidazole rings is 1. The van der Waals surface area contributed by atoms with Crippen molar-refractivity contribution in [3.8, 4) is 0 Å². The van der Waals surface area contributed by atoms with Crippen LogP contribution in [0.1, 0.15) is 23.7 Å². The van der Waals surface area contributed by atoms with Crippen molar-refractivity contribution in [2.24, 2.45) is 5.73 Å². The summed E-state index contributed by atoms with van der Waals surface area (Å²) in [4.78, 5) is 35.0. The van der Waals surface area contributed by atoms with Crippen LogP contribution in [0.15, 0.2) is 18.2 Å². The Bertz CT molecular complexity index is 783. The summed E-state index contributed by atoms with van der Waals surface area (Å²) in [6.45, 7) is 3.13. The number of rotatable bonds is 2. The number of carbonyl (C=O) groups is 2. The van der Waals surface area contributed by atoms with Crippen molar-refractivity contribution >= 4 is 28.8 Å². The highest BCUT2D eigenvalue weighted by Gasteiger charge is 2.45. The highest BCUT2D eigenvalue weighted by Crippen LogP contribution is 2.34. The molecule has 1 aromatic heterocycles. The number of anilines is 1. The number of nitrogens with zero attached hydrogens (tertiary/aromatic N) is 3. The van der Waals surface area contributed by atoms with Gasteiger partial charge in [-0.3, -0.25) is 9.59 Å². The molecular formula is C15H17N5O2. The smallest absolute Gasteiger partial charge is 0.250 e. The van der Waals surface area contributed by atoms with E-state index in [0.717, 1.165) is 31.0 Å². The molecule has 3 N–H and O–H groups in total. The monoisotopic (exact) mass is 299 g/mol. The number of nitrogens with two attached hydrogens (primary N) is 1. The van der Waals surface area contributed by atoms with E-state index in [1.165, 1.54) is 0 Å². The van der Waals surface area contributed by atoms with Gasteiger partial charge >= 0.3 is 0 Å². The molecule has 0 spiro atoms. The maximum atomic E-state index is 11.6. The van der Waals surface area contributed by atoms with Gasteiger partial charge in [-0.2, -0.15) is 0 Å². The maximum Gasteiger partial charge on any atom is 0.250 e. The summed E-state index contributed by atoms with van der Waals surface area (Å²) in [5.41, 5.74) is 7.24. The second-order valence-corrected chi connectivity index (χ2v) is 5.99.